The highest BCUT2D eigenvalue weighted by molar-refractivity contribution is 7.89. The Bertz CT molecular complexity index is 1070. The number of hydrazine groups is 1. The van der Waals surface area contributed by atoms with E-state index in [-0.39, 0.29) is 23.2 Å². The lowest BCUT2D eigenvalue weighted by Gasteiger charge is -2.18. The third kappa shape index (κ3) is 5.69. The molecule has 31 heavy (non-hydrogen) atoms. The van der Waals surface area contributed by atoms with Crippen LogP contribution >= 0.6 is 0 Å². The monoisotopic (exact) mass is 455 g/mol. The second-order valence-corrected chi connectivity index (χ2v) is 9.11. The van der Waals surface area contributed by atoms with Gasteiger partial charge in [0.25, 0.3) is 0 Å². The number of hydrogen-bond donors (Lipinski definition) is 4. The third-order valence-electron chi connectivity index (χ3n) is 4.90. The van der Waals surface area contributed by atoms with Crippen LogP contribution in [0, 0.1) is 0 Å². The zero-order valence-corrected chi connectivity index (χ0v) is 17.6. The molecule has 3 rings (SSSR count). The van der Waals surface area contributed by atoms with Crippen molar-refractivity contribution < 1.29 is 21.6 Å². The maximum Gasteiger partial charge on any atom is 0.416 e. The summed E-state index contributed by atoms with van der Waals surface area (Å²) in [6, 6.07) is 9.38. The molecule has 0 spiro atoms. The number of sulfonamides is 1. The standard InChI is InChI=1S/C20H24F3N5O2S/c1-26-31(29,30)16-8-9-19(17(10-16)18(24)12-28(25)15-6-7-15)27-11-13-2-4-14(5-3-13)20(21,22)23/h2-5,8-10,12,15,26-27H,6-7,11,24-25H2,1H3/b18-12-. The highest BCUT2D eigenvalue weighted by Crippen LogP contribution is 2.30. The van der Waals surface area contributed by atoms with Gasteiger partial charge >= 0.3 is 6.18 Å². The van der Waals surface area contributed by atoms with E-state index >= 15 is 0 Å². The normalized spacial score (nSPS) is 15.1. The SMILES string of the molecule is CNS(=O)(=O)c1ccc(NCc2ccc(C(F)(F)F)cc2)c(/C(N)=C/N(N)C2CC2)c1. The summed E-state index contributed by atoms with van der Waals surface area (Å²) in [7, 11) is -2.40. The summed E-state index contributed by atoms with van der Waals surface area (Å²) in [5.74, 6) is 5.97. The highest BCUT2D eigenvalue weighted by atomic mass is 32.2. The van der Waals surface area contributed by atoms with Gasteiger partial charge in [0.1, 0.15) is 0 Å². The lowest BCUT2D eigenvalue weighted by atomic mass is 10.1. The van der Waals surface area contributed by atoms with E-state index in [4.69, 9.17) is 11.6 Å². The maximum absolute atomic E-state index is 12.7. The summed E-state index contributed by atoms with van der Waals surface area (Å²) < 4.78 is 64.9. The van der Waals surface area contributed by atoms with Crippen molar-refractivity contribution in [3.63, 3.8) is 0 Å². The van der Waals surface area contributed by atoms with E-state index in [1.54, 1.807) is 12.3 Å². The van der Waals surface area contributed by atoms with Crippen molar-refractivity contribution in [2.75, 3.05) is 12.4 Å². The fourth-order valence-electron chi connectivity index (χ4n) is 2.92. The smallest absolute Gasteiger partial charge is 0.397 e. The van der Waals surface area contributed by atoms with Crippen molar-refractivity contribution in [3.8, 4) is 0 Å². The Balaban J connectivity index is 1.87. The molecule has 0 aromatic heterocycles. The Labute approximate surface area is 178 Å². The van der Waals surface area contributed by atoms with Crippen LogP contribution in [0.1, 0.15) is 29.5 Å². The first kappa shape index (κ1) is 22.9. The Kier molecular flexibility index (Phi) is 6.48. The van der Waals surface area contributed by atoms with Crippen LogP contribution in [0.15, 0.2) is 53.6 Å². The van der Waals surface area contributed by atoms with Crippen molar-refractivity contribution in [1.82, 2.24) is 9.73 Å². The average molecular weight is 456 g/mol. The molecule has 0 unspecified atom stereocenters. The van der Waals surface area contributed by atoms with Crippen LogP contribution in [-0.4, -0.2) is 26.5 Å². The second kappa shape index (κ2) is 8.77. The number of nitrogens with zero attached hydrogens (tertiary/aromatic N) is 1. The van der Waals surface area contributed by atoms with Crippen LogP contribution in [0.4, 0.5) is 18.9 Å². The van der Waals surface area contributed by atoms with Crippen molar-refractivity contribution in [2.45, 2.75) is 36.5 Å². The van der Waals surface area contributed by atoms with Crippen LogP contribution in [0.5, 0.6) is 0 Å². The first-order chi connectivity index (χ1) is 14.5. The number of anilines is 1. The minimum absolute atomic E-state index is 0.0245. The van der Waals surface area contributed by atoms with Gasteiger partial charge in [0.2, 0.25) is 10.0 Å². The lowest BCUT2D eigenvalue weighted by molar-refractivity contribution is -0.137. The molecule has 0 radical (unpaired) electrons. The molecule has 2 aromatic rings. The number of halogens is 3. The van der Waals surface area contributed by atoms with Crippen molar-refractivity contribution in [2.24, 2.45) is 11.6 Å². The highest BCUT2D eigenvalue weighted by Gasteiger charge is 2.30. The zero-order valence-electron chi connectivity index (χ0n) is 16.8. The third-order valence-corrected chi connectivity index (χ3v) is 6.31. The first-order valence-corrected chi connectivity index (χ1v) is 11.0. The van der Waals surface area contributed by atoms with Crippen LogP contribution in [0.3, 0.4) is 0 Å². The molecule has 1 aliphatic rings. The number of hydrogen-bond acceptors (Lipinski definition) is 6. The van der Waals surface area contributed by atoms with Gasteiger partial charge in [-0.3, -0.25) is 0 Å². The Morgan fingerprint density at radius 3 is 2.39 bits per heavy atom. The molecule has 0 aliphatic heterocycles. The molecule has 1 aliphatic carbocycles. The topological polar surface area (TPSA) is 113 Å². The molecule has 0 amide bonds. The van der Waals surface area contributed by atoms with Crippen LogP contribution in [0.25, 0.3) is 5.70 Å². The lowest BCUT2D eigenvalue weighted by Crippen LogP contribution is -2.28. The minimum Gasteiger partial charge on any atom is -0.397 e. The number of benzene rings is 2. The Morgan fingerprint density at radius 2 is 1.84 bits per heavy atom. The molecule has 2 aromatic carbocycles. The van der Waals surface area contributed by atoms with Gasteiger partial charge in [-0.15, -0.1) is 0 Å². The number of nitrogens with one attached hydrogen (secondary N) is 2. The van der Waals surface area contributed by atoms with E-state index in [2.05, 4.69) is 10.0 Å². The van der Waals surface area contributed by atoms with E-state index in [0.717, 1.165) is 25.0 Å². The van der Waals surface area contributed by atoms with Crippen molar-refractivity contribution >= 4 is 21.4 Å². The summed E-state index contributed by atoms with van der Waals surface area (Å²) >= 11 is 0. The maximum atomic E-state index is 12.7. The van der Waals surface area contributed by atoms with Gasteiger partial charge in [-0.1, -0.05) is 12.1 Å². The molecule has 0 atom stereocenters. The molecular formula is C20H24F3N5O2S. The van der Waals surface area contributed by atoms with E-state index in [0.29, 0.717) is 16.8 Å². The fraction of sp³-hybridized carbons (Fsp3) is 0.300. The molecular weight excluding hydrogens is 431 g/mol. The molecule has 0 saturated heterocycles. The van der Waals surface area contributed by atoms with Gasteiger partial charge in [0, 0.05) is 30.0 Å². The number of alkyl halides is 3. The Hall–Kier alpha value is -2.76. The van der Waals surface area contributed by atoms with Crippen LogP contribution in [0.2, 0.25) is 0 Å². The molecule has 6 N–H and O–H groups in total. The molecule has 0 heterocycles. The van der Waals surface area contributed by atoms with Gasteiger partial charge in [0.15, 0.2) is 0 Å². The Morgan fingerprint density at radius 1 is 1.19 bits per heavy atom. The quantitative estimate of drug-likeness (QED) is 0.360. The van der Waals surface area contributed by atoms with Gasteiger partial charge in [-0.2, -0.15) is 13.2 Å². The predicted octanol–water partition coefficient (Wildman–Crippen LogP) is 2.82. The van der Waals surface area contributed by atoms with Gasteiger partial charge in [-0.05, 0) is 55.8 Å². The summed E-state index contributed by atoms with van der Waals surface area (Å²) in [5, 5.41) is 4.60. The first-order valence-electron chi connectivity index (χ1n) is 9.49. The summed E-state index contributed by atoms with van der Waals surface area (Å²) in [4.78, 5) is 0.0245. The van der Waals surface area contributed by atoms with E-state index < -0.39 is 21.8 Å². The molecule has 11 heteroatoms. The average Bonchev–Trinajstić information content (AvgIpc) is 3.57. The summed E-state index contributed by atoms with van der Waals surface area (Å²) in [5.41, 5.74) is 7.30. The van der Waals surface area contributed by atoms with Crippen LogP contribution < -0.4 is 21.6 Å². The number of rotatable bonds is 8. The number of nitrogens with two attached hydrogens (primary N) is 2. The molecule has 0 bridgehead atoms. The second-order valence-electron chi connectivity index (χ2n) is 7.23. The molecule has 7 nitrogen and oxygen atoms in total. The zero-order chi connectivity index (χ0) is 22.8. The molecule has 1 fully saturated rings. The van der Waals surface area contributed by atoms with Gasteiger partial charge < -0.3 is 16.1 Å². The van der Waals surface area contributed by atoms with Gasteiger partial charge in [-0.25, -0.2) is 19.0 Å². The van der Waals surface area contributed by atoms with Gasteiger partial charge in [0.05, 0.1) is 16.2 Å². The van der Waals surface area contributed by atoms with E-state index in [9.17, 15) is 21.6 Å². The fourth-order valence-corrected chi connectivity index (χ4v) is 3.67. The van der Waals surface area contributed by atoms with Crippen molar-refractivity contribution in [3.05, 3.63) is 65.4 Å². The molecule has 1 saturated carbocycles. The van der Waals surface area contributed by atoms with E-state index in [1.807, 2.05) is 0 Å². The summed E-state index contributed by atoms with van der Waals surface area (Å²) in [6.45, 7) is 0.214. The van der Waals surface area contributed by atoms with Crippen molar-refractivity contribution in [1.29, 1.82) is 0 Å². The molecule has 168 valence electrons. The van der Waals surface area contributed by atoms with Crippen LogP contribution in [-0.2, 0) is 22.7 Å². The largest absolute Gasteiger partial charge is 0.416 e. The summed E-state index contributed by atoms with van der Waals surface area (Å²) in [6.07, 6.45) is -0.949. The minimum atomic E-state index is -4.40. The predicted molar refractivity (Wildman–Crippen MR) is 113 cm³/mol. The van der Waals surface area contributed by atoms with E-state index in [1.165, 1.54) is 36.3 Å².